The number of allylic oxidation sites excluding steroid dienone is 1. The molecule has 1 atom stereocenters. The van der Waals surface area contributed by atoms with Gasteiger partial charge in [-0.2, -0.15) is 0 Å². The van der Waals surface area contributed by atoms with Crippen molar-refractivity contribution in [1.82, 2.24) is 10.2 Å². The molecule has 0 aromatic heterocycles. The summed E-state index contributed by atoms with van der Waals surface area (Å²) in [5.41, 5.74) is 0.433. The Morgan fingerprint density at radius 3 is 1.90 bits per heavy atom. The minimum Gasteiger partial charge on any atom is -0.872 e. The van der Waals surface area contributed by atoms with E-state index in [1.54, 1.807) is 39.8 Å². The van der Waals surface area contributed by atoms with Crippen LogP contribution in [0, 0.1) is 5.92 Å². The zero-order valence-electron chi connectivity index (χ0n) is 28.2. The second-order valence-electron chi connectivity index (χ2n) is 13.8. The van der Waals surface area contributed by atoms with E-state index in [2.05, 4.69) is 39.6 Å². The van der Waals surface area contributed by atoms with Gasteiger partial charge in [0.05, 0.1) is 22.8 Å². The van der Waals surface area contributed by atoms with Crippen LogP contribution >= 0.6 is 0 Å². The second kappa shape index (κ2) is 16.7. The normalized spacial score (nSPS) is 16.6. The predicted molar refractivity (Wildman–Crippen MR) is 162 cm³/mol. The van der Waals surface area contributed by atoms with Crippen molar-refractivity contribution < 1.29 is 53.9 Å². The van der Waals surface area contributed by atoms with Crippen LogP contribution in [0.5, 0.6) is 5.75 Å². The van der Waals surface area contributed by atoms with Gasteiger partial charge in [0.15, 0.2) is 0 Å². The third-order valence-electron chi connectivity index (χ3n) is 6.45. The molecule has 2 rings (SSSR count). The molecule has 40 heavy (non-hydrogen) atoms. The van der Waals surface area contributed by atoms with Crippen molar-refractivity contribution in [2.45, 2.75) is 124 Å². The molecule has 0 bridgehead atoms. The fourth-order valence-corrected chi connectivity index (χ4v) is 3.62. The number of rotatable bonds is 7. The Hall–Kier alpha value is -0.865. The zero-order chi connectivity index (χ0) is 31.0. The van der Waals surface area contributed by atoms with Crippen LogP contribution in [0.25, 0.3) is 0 Å². The molecule has 9 heteroatoms. The Morgan fingerprint density at radius 2 is 1.55 bits per heavy atom. The van der Waals surface area contributed by atoms with E-state index in [4.69, 9.17) is 14.4 Å². The summed E-state index contributed by atoms with van der Waals surface area (Å²) >= 11 is 0. The second-order valence-corrected chi connectivity index (χ2v) is 13.8. The standard InChI is InChI=1S/C18H30N2O2.C9H17BO2.C4H10O.Na/c1-12(2)15(17(22)20(6)7)19-11-13-9-8-10-14(16(13)21)18(3,4)5;1-6-7-10-11-8(2,3)9(4,5)12-10;1-4(2,3)5;/h8-10,12,15,19,21H,11H2,1-7H3;6H,1,7H2,2-5H3;5H,1-3H3;/q;;;+1/p-1/t15-;;;/m0.../s1. The van der Waals surface area contributed by atoms with E-state index < -0.39 is 5.60 Å². The quantitative estimate of drug-likeness (QED) is 0.386. The van der Waals surface area contributed by atoms with Crippen molar-refractivity contribution in [3.63, 3.8) is 0 Å². The maximum absolute atomic E-state index is 12.6. The SMILES string of the molecule is C=CCB1OC(C)(C)C(C)(C)O1.CC(C)(C)O.CC(C)[C@H](NCc1cccc(C(C)(C)C)c1[O-])C(=O)N(C)C.[Na+]. The third kappa shape index (κ3) is 14.3. The molecule has 1 fully saturated rings. The van der Waals surface area contributed by atoms with Crippen LogP contribution in [-0.2, 0) is 26.1 Å². The van der Waals surface area contributed by atoms with Crippen molar-refractivity contribution in [2.24, 2.45) is 5.92 Å². The molecule has 2 N–H and O–H groups in total. The summed E-state index contributed by atoms with van der Waals surface area (Å²) in [5.74, 6) is 0.271. The van der Waals surface area contributed by atoms with Crippen LogP contribution in [0.1, 0.15) is 94.2 Å². The molecule has 0 unspecified atom stereocenters. The van der Waals surface area contributed by atoms with Gasteiger partial charge in [-0.1, -0.05) is 64.5 Å². The number of carbonyl (C=O) groups excluding carboxylic acids is 1. The average Bonchev–Trinajstić information content (AvgIpc) is 2.93. The van der Waals surface area contributed by atoms with Gasteiger partial charge in [0, 0.05) is 27.0 Å². The van der Waals surface area contributed by atoms with E-state index in [0.29, 0.717) is 12.1 Å². The Kier molecular flexibility index (Phi) is 17.2. The fourth-order valence-electron chi connectivity index (χ4n) is 3.62. The number of aliphatic hydroxyl groups is 1. The molecule has 1 aliphatic heterocycles. The van der Waals surface area contributed by atoms with Gasteiger partial charge >= 0.3 is 36.7 Å². The van der Waals surface area contributed by atoms with Crippen molar-refractivity contribution in [3.8, 4) is 5.75 Å². The van der Waals surface area contributed by atoms with Gasteiger partial charge in [-0.25, -0.2) is 0 Å². The molecule has 1 saturated heterocycles. The summed E-state index contributed by atoms with van der Waals surface area (Å²) in [7, 11) is 3.38. The van der Waals surface area contributed by atoms with Crippen LogP contribution in [0.3, 0.4) is 0 Å². The first-order valence-electron chi connectivity index (χ1n) is 13.9. The molecule has 224 valence electrons. The molecule has 0 aliphatic carbocycles. The van der Waals surface area contributed by atoms with E-state index in [0.717, 1.165) is 11.9 Å². The molecular weight excluding hydrogens is 514 g/mol. The molecule has 1 amide bonds. The van der Waals surface area contributed by atoms with Crippen LogP contribution < -0.4 is 40.0 Å². The fraction of sp³-hybridized carbons (Fsp3) is 0.710. The van der Waals surface area contributed by atoms with Gasteiger partial charge in [-0.15, -0.1) is 12.3 Å². The number of nitrogens with zero attached hydrogens (tertiary/aromatic N) is 1. The summed E-state index contributed by atoms with van der Waals surface area (Å²) in [4.78, 5) is 13.8. The van der Waals surface area contributed by atoms with Crippen molar-refractivity contribution in [1.29, 1.82) is 0 Å². The zero-order valence-corrected chi connectivity index (χ0v) is 30.2. The minimum atomic E-state index is -0.500. The Bertz CT molecular complexity index is 899. The van der Waals surface area contributed by atoms with E-state index >= 15 is 0 Å². The average molecular weight is 571 g/mol. The summed E-state index contributed by atoms with van der Waals surface area (Å²) in [6.45, 7) is 27.6. The monoisotopic (exact) mass is 570 g/mol. The van der Waals surface area contributed by atoms with Gasteiger partial charge in [0.2, 0.25) is 5.91 Å². The van der Waals surface area contributed by atoms with E-state index in [1.807, 2.05) is 58.9 Å². The smallest absolute Gasteiger partial charge is 0.872 e. The Balaban J connectivity index is 0. The van der Waals surface area contributed by atoms with E-state index in [-0.39, 0.29) is 76.9 Å². The first kappa shape index (κ1) is 41.3. The Labute approximate surface area is 267 Å². The van der Waals surface area contributed by atoms with E-state index in [9.17, 15) is 9.90 Å². The number of benzene rings is 1. The number of nitrogens with one attached hydrogen (secondary N) is 1. The summed E-state index contributed by atoms with van der Waals surface area (Å²) in [5, 5.41) is 24.3. The molecule has 7 nitrogen and oxygen atoms in total. The summed E-state index contributed by atoms with van der Waals surface area (Å²) in [6, 6.07) is 5.35. The summed E-state index contributed by atoms with van der Waals surface area (Å²) < 4.78 is 11.4. The van der Waals surface area contributed by atoms with Crippen LogP contribution in [-0.4, -0.2) is 60.0 Å². The minimum absolute atomic E-state index is 0. The predicted octanol–water partition coefficient (Wildman–Crippen LogP) is 2.31. The molecular formula is C31H56BN2NaO5. The molecule has 1 aliphatic rings. The number of hydrogen-bond donors (Lipinski definition) is 2. The largest absolute Gasteiger partial charge is 1.00 e. The maximum atomic E-state index is 12.6. The summed E-state index contributed by atoms with van der Waals surface area (Å²) in [6.07, 6.45) is 2.58. The first-order valence-corrected chi connectivity index (χ1v) is 13.9. The number of amides is 1. The van der Waals surface area contributed by atoms with Gasteiger partial charge in [-0.05, 0) is 65.4 Å². The van der Waals surface area contributed by atoms with Crippen molar-refractivity contribution in [2.75, 3.05) is 14.1 Å². The number of likely N-dealkylation sites (N-methyl/N-ethyl adjacent to an activating group) is 1. The molecule has 0 saturated carbocycles. The van der Waals surface area contributed by atoms with Crippen molar-refractivity contribution in [3.05, 3.63) is 42.0 Å². The molecule has 1 aromatic carbocycles. The molecule has 0 spiro atoms. The van der Waals surface area contributed by atoms with Gasteiger partial charge in [0.25, 0.3) is 0 Å². The van der Waals surface area contributed by atoms with Gasteiger partial charge in [0.1, 0.15) is 0 Å². The molecule has 1 aromatic rings. The van der Waals surface area contributed by atoms with Crippen molar-refractivity contribution >= 4 is 13.0 Å². The number of para-hydroxylation sites is 1. The molecule has 0 radical (unpaired) electrons. The van der Waals surface area contributed by atoms with Crippen LogP contribution in [0.15, 0.2) is 30.9 Å². The van der Waals surface area contributed by atoms with Crippen LogP contribution in [0.2, 0.25) is 6.32 Å². The topological polar surface area (TPSA) is 94.1 Å². The Morgan fingerprint density at radius 1 is 1.10 bits per heavy atom. The number of carbonyl (C=O) groups is 1. The van der Waals surface area contributed by atoms with Crippen LogP contribution in [0.4, 0.5) is 0 Å². The van der Waals surface area contributed by atoms with Gasteiger partial charge < -0.3 is 29.7 Å². The third-order valence-corrected chi connectivity index (χ3v) is 6.45. The van der Waals surface area contributed by atoms with Gasteiger partial charge in [-0.3, -0.25) is 4.79 Å². The first-order chi connectivity index (χ1) is 17.4. The molecule has 1 heterocycles. The van der Waals surface area contributed by atoms with E-state index in [1.165, 1.54) is 0 Å². The number of hydrogen-bond acceptors (Lipinski definition) is 6. The maximum Gasteiger partial charge on any atom is 1.00 e.